The van der Waals surface area contributed by atoms with Gasteiger partial charge in [-0.05, 0) is 56.7 Å². The Labute approximate surface area is 199 Å². The smallest absolute Gasteiger partial charge is 0.383 e. The summed E-state index contributed by atoms with van der Waals surface area (Å²) in [5.74, 6) is -1.26. The van der Waals surface area contributed by atoms with Crippen LogP contribution >= 0.6 is 11.3 Å². The zero-order valence-electron chi connectivity index (χ0n) is 18.6. The second kappa shape index (κ2) is 10.6. The van der Waals surface area contributed by atoms with Crippen molar-refractivity contribution in [3.63, 3.8) is 0 Å². The fourth-order valence-corrected chi connectivity index (χ4v) is 4.88. The van der Waals surface area contributed by atoms with E-state index in [1.54, 1.807) is 13.1 Å². The van der Waals surface area contributed by atoms with Crippen molar-refractivity contribution in [2.24, 2.45) is 5.92 Å². The monoisotopic (exact) mass is 496 g/mol. The van der Waals surface area contributed by atoms with Crippen LogP contribution in [0.3, 0.4) is 0 Å². The molecule has 0 unspecified atom stereocenters. The van der Waals surface area contributed by atoms with E-state index >= 15 is 0 Å². The average Bonchev–Trinajstić information content (AvgIpc) is 3.33. The number of nitrogens with one attached hydrogen (secondary N) is 3. The molecule has 2 amide bonds. The minimum Gasteiger partial charge on any atom is -0.383 e. The number of benzene rings is 1. The number of rotatable bonds is 8. The van der Waals surface area contributed by atoms with Crippen LogP contribution in [0.1, 0.15) is 60.0 Å². The van der Waals surface area contributed by atoms with E-state index in [0.29, 0.717) is 42.8 Å². The molecule has 1 atom stereocenters. The van der Waals surface area contributed by atoms with Crippen molar-refractivity contribution in [1.29, 1.82) is 5.41 Å². The molecule has 4 N–H and O–H groups in total. The molecule has 3 rings (SSSR count). The van der Waals surface area contributed by atoms with E-state index in [2.05, 4.69) is 15.6 Å². The molecule has 1 aromatic carbocycles. The highest BCUT2D eigenvalue weighted by molar-refractivity contribution is 7.09. The zero-order valence-corrected chi connectivity index (χ0v) is 19.4. The minimum absolute atomic E-state index is 0.0141. The maximum absolute atomic E-state index is 12.8. The highest BCUT2D eigenvalue weighted by Gasteiger charge is 2.38. The van der Waals surface area contributed by atoms with Crippen molar-refractivity contribution >= 4 is 28.9 Å². The molecule has 0 spiro atoms. The number of alkyl halides is 3. The van der Waals surface area contributed by atoms with Gasteiger partial charge in [0.2, 0.25) is 5.91 Å². The molecule has 1 heterocycles. The first-order valence-corrected chi connectivity index (χ1v) is 11.8. The summed E-state index contributed by atoms with van der Waals surface area (Å²) in [5.41, 5.74) is -1.58. The summed E-state index contributed by atoms with van der Waals surface area (Å²) in [6.45, 7) is 1.35. The second-order valence-electron chi connectivity index (χ2n) is 8.60. The van der Waals surface area contributed by atoms with Gasteiger partial charge in [0.15, 0.2) is 0 Å². The van der Waals surface area contributed by atoms with Gasteiger partial charge in [0.25, 0.3) is 5.91 Å². The molecular weight excluding hydrogens is 469 g/mol. The number of thiazole rings is 1. The van der Waals surface area contributed by atoms with Gasteiger partial charge in [-0.1, -0.05) is 6.07 Å². The molecule has 2 aromatic rings. The number of hydrogen-bond acceptors (Lipinski definition) is 6. The van der Waals surface area contributed by atoms with Gasteiger partial charge in [-0.15, -0.1) is 11.3 Å². The Morgan fingerprint density at radius 3 is 2.65 bits per heavy atom. The Balaban J connectivity index is 1.42. The van der Waals surface area contributed by atoms with E-state index in [-0.39, 0.29) is 17.5 Å². The second-order valence-corrected chi connectivity index (χ2v) is 9.50. The van der Waals surface area contributed by atoms with Crippen LogP contribution in [0.4, 0.5) is 13.2 Å². The molecule has 1 aliphatic rings. The largest absolute Gasteiger partial charge is 0.416 e. The first-order valence-electron chi connectivity index (χ1n) is 10.9. The van der Waals surface area contributed by atoms with Crippen LogP contribution in [-0.2, 0) is 16.6 Å². The maximum atomic E-state index is 12.8. The van der Waals surface area contributed by atoms with E-state index in [1.165, 1.54) is 17.4 Å². The third kappa shape index (κ3) is 6.63. The third-order valence-electron chi connectivity index (χ3n) is 5.93. The summed E-state index contributed by atoms with van der Waals surface area (Å²) < 4.78 is 38.4. The molecule has 0 bridgehead atoms. The normalized spacial score (nSPS) is 21.5. The van der Waals surface area contributed by atoms with Gasteiger partial charge in [-0.3, -0.25) is 9.59 Å². The SMILES string of the molecule is C[C@H](CC(=N)C1CCC(O)(c2nccs2)CC1)NC(=O)CNC(=O)c1cccc(C(F)(F)F)c1. The molecule has 0 saturated heterocycles. The summed E-state index contributed by atoms with van der Waals surface area (Å²) in [6, 6.07) is 3.62. The Morgan fingerprint density at radius 1 is 1.32 bits per heavy atom. The lowest BCUT2D eigenvalue weighted by atomic mass is 9.76. The van der Waals surface area contributed by atoms with E-state index in [0.717, 1.165) is 18.2 Å². The highest BCUT2D eigenvalue weighted by atomic mass is 32.1. The van der Waals surface area contributed by atoms with Crippen LogP contribution in [0.5, 0.6) is 0 Å². The molecule has 7 nitrogen and oxygen atoms in total. The summed E-state index contributed by atoms with van der Waals surface area (Å²) in [5, 5.41) is 26.8. The van der Waals surface area contributed by atoms with Crippen LogP contribution in [0.25, 0.3) is 0 Å². The molecule has 11 heteroatoms. The molecule has 34 heavy (non-hydrogen) atoms. The van der Waals surface area contributed by atoms with Gasteiger partial charge < -0.3 is 21.1 Å². The quantitative estimate of drug-likeness (QED) is 0.415. The van der Waals surface area contributed by atoms with Crippen LogP contribution in [0.15, 0.2) is 35.8 Å². The van der Waals surface area contributed by atoms with E-state index in [4.69, 9.17) is 5.41 Å². The maximum Gasteiger partial charge on any atom is 0.416 e. The number of carbonyl (C=O) groups excluding carboxylic acids is 2. The average molecular weight is 497 g/mol. The van der Waals surface area contributed by atoms with Crippen molar-refractivity contribution < 1.29 is 27.9 Å². The van der Waals surface area contributed by atoms with E-state index in [1.807, 2.05) is 5.38 Å². The molecular formula is C23H27F3N4O3S. The van der Waals surface area contributed by atoms with Crippen molar-refractivity contribution in [2.45, 2.75) is 56.8 Å². The van der Waals surface area contributed by atoms with Gasteiger partial charge in [0.05, 0.1) is 12.1 Å². The van der Waals surface area contributed by atoms with Gasteiger partial charge in [0.1, 0.15) is 10.6 Å². The topological polar surface area (TPSA) is 115 Å². The Hall–Kier alpha value is -2.79. The van der Waals surface area contributed by atoms with Crippen molar-refractivity contribution in [3.8, 4) is 0 Å². The number of halogens is 3. The Morgan fingerprint density at radius 2 is 2.03 bits per heavy atom. The van der Waals surface area contributed by atoms with Gasteiger partial charge in [0, 0.05) is 35.3 Å². The van der Waals surface area contributed by atoms with Crippen molar-refractivity contribution in [3.05, 3.63) is 52.0 Å². The first kappa shape index (κ1) is 25.8. The molecule has 1 fully saturated rings. The molecule has 0 radical (unpaired) electrons. The Bertz CT molecular complexity index is 1020. The highest BCUT2D eigenvalue weighted by Crippen LogP contribution is 2.40. The standard InChI is InChI=1S/C23H27F3N4O3S/c1-14(11-18(27)15-5-7-22(33,8-6-15)21-28-9-10-34-21)30-19(31)13-29-20(32)16-3-2-4-17(12-16)23(24,25)26/h2-4,9-10,12,14-15,27,33H,5-8,11,13H2,1H3,(H,29,32)(H,30,31)/t14-,15?,22?/m1/s1. The minimum atomic E-state index is -4.56. The molecule has 184 valence electrons. The molecule has 0 aliphatic heterocycles. The van der Waals surface area contributed by atoms with Gasteiger partial charge in [-0.2, -0.15) is 13.2 Å². The predicted molar refractivity (Wildman–Crippen MR) is 122 cm³/mol. The van der Waals surface area contributed by atoms with Crippen molar-refractivity contribution in [2.75, 3.05) is 6.54 Å². The zero-order chi connectivity index (χ0) is 24.9. The van der Waals surface area contributed by atoms with E-state index < -0.39 is 35.7 Å². The lowest BCUT2D eigenvalue weighted by molar-refractivity contribution is -0.137. The number of aromatic nitrogens is 1. The fraction of sp³-hybridized carbons (Fsp3) is 0.478. The van der Waals surface area contributed by atoms with Crippen LogP contribution in [-0.4, -0.2) is 40.2 Å². The summed E-state index contributed by atoms with van der Waals surface area (Å²) in [6.07, 6.45) is -0.214. The summed E-state index contributed by atoms with van der Waals surface area (Å²) >= 11 is 1.42. The summed E-state index contributed by atoms with van der Waals surface area (Å²) in [4.78, 5) is 28.5. The number of amides is 2. The molecule has 1 aromatic heterocycles. The van der Waals surface area contributed by atoms with Gasteiger partial charge in [-0.25, -0.2) is 4.98 Å². The number of hydrogen-bond donors (Lipinski definition) is 4. The Kier molecular flexibility index (Phi) is 8.09. The summed E-state index contributed by atoms with van der Waals surface area (Å²) in [7, 11) is 0. The third-order valence-corrected chi connectivity index (χ3v) is 6.90. The predicted octanol–water partition coefficient (Wildman–Crippen LogP) is 3.88. The van der Waals surface area contributed by atoms with E-state index in [9.17, 15) is 27.9 Å². The lowest BCUT2D eigenvalue weighted by Crippen LogP contribution is -2.42. The number of nitrogens with zero attached hydrogens (tertiary/aromatic N) is 1. The first-order chi connectivity index (χ1) is 16.0. The molecule has 1 saturated carbocycles. The van der Waals surface area contributed by atoms with Gasteiger partial charge >= 0.3 is 6.18 Å². The fourth-order valence-electron chi connectivity index (χ4n) is 4.08. The van der Waals surface area contributed by atoms with Crippen LogP contribution in [0, 0.1) is 11.3 Å². The number of aliphatic hydroxyl groups is 1. The molecule has 1 aliphatic carbocycles. The van der Waals surface area contributed by atoms with Crippen LogP contribution in [0.2, 0.25) is 0 Å². The number of carbonyl (C=O) groups is 2. The van der Waals surface area contributed by atoms with Crippen LogP contribution < -0.4 is 10.6 Å². The van der Waals surface area contributed by atoms with Crippen molar-refractivity contribution in [1.82, 2.24) is 15.6 Å². The lowest BCUT2D eigenvalue weighted by Gasteiger charge is -2.35.